The van der Waals surface area contributed by atoms with Crippen LogP contribution in [-0.2, 0) is 0 Å². The van der Waals surface area contributed by atoms with Crippen LogP contribution in [0.3, 0.4) is 0 Å². The van der Waals surface area contributed by atoms with Crippen molar-refractivity contribution >= 4 is 27.5 Å². The molecule has 0 aliphatic heterocycles. The van der Waals surface area contributed by atoms with E-state index >= 15 is 0 Å². The van der Waals surface area contributed by atoms with Crippen molar-refractivity contribution in [2.24, 2.45) is 0 Å². The van der Waals surface area contributed by atoms with Crippen LogP contribution in [0.25, 0.3) is 20.8 Å². The SMILES string of the molecule is COc1ccc(OC(=O)c2ccc(O)cc2)c2sc(-c3ccc(C#N)cc3)nc12. The van der Waals surface area contributed by atoms with Gasteiger partial charge in [0.05, 0.1) is 24.3 Å². The van der Waals surface area contributed by atoms with E-state index in [-0.39, 0.29) is 5.75 Å². The number of carbonyl (C=O) groups excluding carboxylic acids is 1. The number of rotatable bonds is 4. The van der Waals surface area contributed by atoms with Gasteiger partial charge in [-0.1, -0.05) is 12.1 Å². The van der Waals surface area contributed by atoms with Crippen LogP contribution >= 0.6 is 11.3 Å². The summed E-state index contributed by atoms with van der Waals surface area (Å²) in [6.45, 7) is 0. The topological polar surface area (TPSA) is 92.4 Å². The molecule has 142 valence electrons. The summed E-state index contributed by atoms with van der Waals surface area (Å²) < 4.78 is 11.7. The third-order valence-electron chi connectivity index (χ3n) is 4.26. The summed E-state index contributed by atoms with van der Waals surface area (Å²) in [7, 11) is 1.55. The van der Waals surface area contributed by atoms with Gasteiger partial charge in [0, 0.05) is 5.56 Å². The standard InChI is InChI=1S/C22H14N2O4S/c1-27-17-10-11-18(28-22(26)15-6-8-16(25)9-7-15)20-19(17)24-21(29-20)14-4-2-13(12-23)3-5-14/h2-11,25H,1H3. The number of benzene rings is 3. The molecule has 0 atom stereocenters. The van der Waals surface area contributed by atoms with Gasteiger partial charge in [0.25, 0.3) is 0 Å². The summed E-state index contributed by atoms with van der Waals surface area (Å²) >= 11 is 1.37. The van der Waals surface area contributed by atoms with Gasteiger partial charge in [-0.2, -0.15) is 5.26 Å². The van der Waals surface area contributed by atoms with Crippen molar-refractivity contribution in [1.29, 1.82) is 5.26 Å². The van der Waals surface area contributed by atoms with E-state index in [0.717, 1.165) is 10.6 Å². The Kier molecular flexibility index (Phi) is 4.85. The summed E-state index contributed by atoms with van der Waals surface area (Å²) in [4.78, 5) is 17.1. The number of methoxy groups -OCH3 is 1. The number of phenols is 1. The number of thiazole rings is 1. The fourth-order valence-electron chi connectivity index (χ4n) is 2.77. The van der Waals surface area contributed by atoms with E-state index in [1.54, 1.807) is 31.4 Å². The van der Waals surface area contributed by atoms with Crippen molar-refractivity contribution in [2.75, 3.05) is 7.11 Å². The van der Waals surface area contributed by atoms with Gasteiger partial charge in [-0.3, -0.25) is 0 Å². The second-order valence-electron chi connectivity index (χ2n) is 6.09. The Bertz CT molecular complexity index is 1240. The van der Waals surface area contributed by atoms with Crippen molar-refractivity contribution in [3.8, 4) is 33.9 Å². The highest BCUT2D eigenvalue weighted by Crippen LogP contribution is 2.40. The van der Waals surface area contributed by atoms with E-state index in [0.29, 0.717) is 32.8 Å². The number of aromatic hydroxyl groups is 1. The lowest BCUT2D eigenvalue weighted by atomic mass is 10.1. The molecule has 1 N–H and O–H groups in total. The van der Waals surface area contributed by atoms with Crippen LogP contribution in [0.4, 0.5) is 0 Å². The van der Waals surface area contributed by atoms with Gasteiger partial charge in [0.15, 0.2) is 5.75 Å². The van der Waals surface area contributed by atoms with Gasteiger partial charge in [-0.05, 0) is 48.5 Å². The first-order chi connectivity index (χ1) is 14.1. The number of ether oxygens (including phenoxy) is 2. The molecule has 4 rings (SSSR count). The predicted octanol–water partition coefficient (Wildman–Crippen LogP) is 4.77. The lowest BCUT2D eigenvalue weighted by Crippen LogP contribution is -2.08. The normalized spacial score (nSPS) is 10.5. The molecule has 3 aromatic carbocycles. The molecule has 0 unspecified atom stereocenters. The number of phenolic OH excluding ortho intramolecular Hbond substituents is 1. The van der Waals surface area contributed by atoms with E-state index in [2.05, 4.69) is 11.1 Å². The average Bonchev–Trinajstić information content (AvgIpc) is 3.20. The van der Waals surface area contributed by atoms with E-state index < -0.39 is 5.97 Å². The smallest absolute Gasteiger partial charge is 0.343 e. The molecule has 1 aromatic heterocycles. The quantitative estimate of drug-likeness (QED) is 0.390. The number of hydrogen-bond acceptors (Lipinski definition) is 7. The van der Waals surface area contributed by atoms with Crippen molar-refractivity contribution < 1.29 is 19.4 Å². The van der Waals surface area contributed by atoms with Crippen LogP contribution in [0.2, 0.25) is 0 Å². The maximum Gasteiger partial charge on any atom is 0.343 e. The highest BCUT2D eigenvalue weighted by molar-refractivity contribution is 7.22. The van der Waals surface area contributed by atoms with Gasteiger partial charge >= 0.3 is 5.97 Å². The maximum absolute atomic E-state index is 12.5. The van der Waals surface area contributed by atoms with Gasteiger partial charge in [0.1, 0.15) is 26.7 Å². The second kappa shape index (κ2) is 7.62. The van der Waals surface area contributed by atoms with Crippen LogP contribution < -0.4 is 9.47 Å². The molecule has 0 aliphatic rings. The predicted molar refractivity (Wildman–Crippen MR) is 109 cm³/mol. The first-order valence-electron chi connectivity index (χ1n) is 8.58. The lowest BCUT2D eigenvalue weighted by Gasteiger charge is -2.07. The van der Waals surface area contributed by atoms with Crippen molar-refractivity contribution in [1.82, 2.24) is 4.98 Å². The minimum atomic E-state index is -0.537. The molecule has 0 radical (unpaired) electrons. The van der Waals surface area contributed by atoms with Crippen LogP contribution in [0.1, 0.15) is 15.9 Å². The van der Waals surface area contributed by atoms with Crippen LogP contribution in [0.5, 0.6) is 17.2 Å². The number of hydrogen-bond donors (Lipinski definition) is 1. The van der Waals surface area contributed by atoms with Gasteiger partial charge in [-0.15, -0.1) is 11.3 Å². The summed E-state index contributed by atoms with van der Waals surface area (Å²) in [5, 5.41) is 19.1. The number of fused-ring (bicyclic) bond motifs is 1. The minimum Gasteiger partial charge on any atom is -0.508 e. The Morgan fingerprint density at radius 1 is 1.03 bits per heavy atom. The Morgan fingerprint density at radius 3 is 2.38 bits per heavy atom. The molecule has 7 heteroatoms. The fraction of sp³-hybridized carbons (Fsp3) is 0.0455. The summed E-state index contributed by atoms with van der Waals surface area (Å²) in [6, 6.07) is 18.4. The third kappa shape index (κ3) is 3.61. The van der Waals surface area contributed by atoms with E-state index in [1.165, 1.54) is 35.6 Å². The summed E-state index contributed by atoms with van der Waals surface area (Å²) in [5.41, 5.74) is 2.33. The van der Waals surface area contributed by atoms with E-state index in [9.17, 15) is 9.90 Å². The molecule has 1 heterocycles. The number of nitrogens with zero attached hydrogens (tertiary/aromatic N) is 2. The lowest BCUT2D eigenvalue weighted by molar-refractivity contribution is 0.0737. The minimum absolute atomic E-state index is 0.0721. The molecule has 0 aliphatic carbocycles. The zero-order valence-electron chi connectivity index (χ0n) is 15.2. The second-order valence-corrected chi connectivity index (χ2v) is 7.09. The van der Waals surface area contributed by atoms with Crippen molar-refractivity contribution in [3.05, 3.63) is 71.8 Å². The molecule has 4 aromatic rings. The number of carbonyl (C=O) groups is 1. The van der Waals surface area contributed by atoms with Crippen LogP contribution in [-0.4, -0.2) is 23.2 Å². The molecule has 0 amide bonds. The molecular weight excluding hydrogens is 388 g/mol. The first kappa shape index (κ1) is 18.5. The van der Waals surface area contributed by atoms with Crippen molar-refractivity contribution in [3.63, 3.8) is 0 Å². The van der Waals surface area contributed by atoms with Crippen molar-refractivity contribution in [2.45, 2.75) is 0 Å². The Hall–Kier alpha value is -3.89. The van der Waals surface area contributed by atoms with Gasteiger partial charge < -0.3 is 14.6 Å². The highest BCUT2D eigenvalue weighted by atomic mass is 32.1. The molecule has 6 nitrogen and oxygen atoms in total. The Morgan fingerprint density at radius 2 is 1.72 bits per heavy atom. The van der Waals surface area contributed by atoms with Gasteiger partial charge in [0.2, 0.25) is 0 Å². The summed E-state index contributed by atoms with van der Waals surface area (Å²) in [6.07, 6.45) is 0. The zero-order valence-corrected chi connectivity index (χ0v) is 16.1. The van der Waals surface area contributed by atoms with E-state index in [4.69, 9.17) is 14.7 Å². The maximum atomic E-state index is 12.5. The summed E-state index contributed by atoms with van der Waals surface area (Å²) in [5.74, 6) is 0.476. The molecule has 0 spiro atoms. The monoisotopic (exact) mass is 402 g/mol. The average molecular weight is 402 g/mol. The highest BCUT2D eigenvalue weighted by Gasteiger charge is 2.18. The fourth-order valence-corrected chi connectivity index (χ4v) is 3.81. The molecule has 29 heavy (non-hydrogen) atoms. The Labute approximate surface area is 170 Å². The Balaban J connectivity index is 1.74. The van der Waals surface area contributed by atoms with Crippen LogP contribution in [0.15, 0.2) is 60.7 Å². The molecule has 0 saturated heterocycles. The first-order valence-corrected chi connectivity index (χ1v) is 9.40. The number of aromatic nitrogens is 1. The molecule has 0 saturated carbocycles. The van der Waals surface area contributed by atoms with Crippen LogP contribution in [0, 0.1) is 11.3 Å². The molecular formula is C22H14N2O4S. The number of esters is 1. The molecule has 0 fully saturated rings. The van der Waals surface area contributed by atoms with E-state index in [1.807, 2.05) is 12.1 Å². The van der Waals surface area contributed by atoms with Gasteiger partial charge in [-0.25, -0.2) is 9.78 Å². The number of nitriles is 1. The molecule has 0 bridgehead atoms. The zero-order chi connectivity index (χ0) is 20.4. The largest absolute Gasteiger partial charge is 0.508 e. The third-order valence-corrected chi connectivity index (χ3v) is 5.38.